The van der Waals surface area contributed by atoms with E-state index in [1.54, 1.807) is 0 Å². The second-order valence-corrected chi connectivity index (χ2v) is 7.96. The predicted octanol–water partition coefficient (Wildman–Crippen LogP) is 2.56. The number of ether oxygens (including phenoxy) is 1. The topological polar surface area (TPSA) is 75.8 Å². The Hall–Kier alpha value is -2.15. The summed E-state index contributed by atoms with van der Waals surface area (Å²) in [5, 5.41) is 15.7. The van der Waals surface area contributed by atoms with Gasteiger partial charge in [0.05, 0.1) is 6.10 Å². The smallest absolute Gasteiger partial charge is 0.191 e. The van der Waals surface area contributed by atoms with E-state index in [1.165, 1.54) is 25.7 Å². The van der Waals surface area contributed by atoms with Crippen LogP contribution in [-0.2, 0) is 11.2 Å². The van der Waals surface area contributed by atoms with Crippen LogP contribution in [0.25, 0.3) is 5.65 Å². The third kappa shape index (κ3) is 3.60. The summed E-state index contributed by atoms with van der Waals surface area (Å²) in [6.07, 6.45) is 10.6. The molecule has 2 atom stereocenters. The van der Waals surface area contributed by atoms with Crippen molar-refractivity contribution in [3.05, 3.63) is 30.2 Å². The van der Waals surface area contributed by atoms with Gasteiger partial charge in [0, 0.05) is 44.3 Å². The summed E-state index contributed by atoms with van der Waals surface area (Å²) in [7, 11) is 1.85. The van der Waals surface area contributed by atoms with E-state index in [0.717, 1.165) is 49.8 Å². The highest BCUT2D eigenvalue weighted by Gasteiger charge is 2.56. The zero-order valence-corrected chi connectivity index (χ0v) is 17.0. The standard InChI is InChI=1S/C21H32N6O/c1-3-28-17-15-16(21(17)11-5-6-12-21)24-20(22-2)23-13-8-10-19-26-25-18-9-4-7-14-27(18)19/h4,7,9,14,16-17H,3,5-6,8,10-13,15H2,1-2H3,(H2,22,23,24). The molecule has 2 saturated carbocycles. The number of guanidine groups is 1. The molecule has 0 aromatic carbocycles. The summed E-state index contributed by atoms with van der Waals surface area (Å²) in [6.45, 7) is 3.77. The van der Waals surface area contributed by atoms with Crippen LogP contribution < -0.4 is 10.6 Å². The number of aromatic nitrogens is 3. The molecule has 2 unspecified atom stereocenters. The normalized spacial score (nSPS) is 23.9. The molecule has 2 N–H and O–H groups in total. The monoisotopic (exact) mass is 384 g/mol. The second-order valence-electron chi connectivity index (χ2n) is 7.96. The van der Waals surface area contributed by atoms with Gasteiger partial charge in [-0.3, -0.25) is 9.39 Å². The predicted molar refractivity (Wildman–Crippen MR) is 111 cm³/mol. The number of rotatable bonds is 7. The first-order valence-corrected chi connectivity index (χ1v) is 10.6. The zero-order chi connectivity index (χ0) is 19.4. The van der Waals surface area contributed by atoms with Gasteiger partial charge in [0.25, 0.3) is 0 Å². The minimum Gasteiger partial charge on any atom is -0.378 e. The summed E-state index contributed by atoms with van der Waals surface area (Å²) in [5.74, 6) is 1.90. The van der Waals surface area contributed by atoms with Gasteiger partial charge in [-0.2, -0.15) is 0 Å². The number of nitrogens with one attached hydrogen (secondary N) is 2. The Morgan fingerprint density at radius 1 is 1.32 bits per heavy atom. The van der Waals surface area contributed by atoms with E-state index < -0.39 is 0 Å². The van der Waals surface area contributed by atoms with Gasteiger partial charge in [0.2, 0.25) is 0 Å². The molecule has 2 fully saturated rings. The van der Waals surface area contributed by atoms with Crippen molar-refractivity contribution in [3.8, 4) is 0 Å². The SMILES string of the molecule is CCOC1CC(NC(=NC)NCCCc2nnc3ccccn23)C12CCCC2. The summed E-state index contributed by atoms with van der Waals surface area (Å²) in [6, 6.07) is 6.45. The van der Waals surface area contributed by atoms with Crippen LogP contribution in [0.1, 0.15) is 51.3 Å². The number of aryl methyl sites for hydroxylation is 1. The molecule has 2 aromatic rings. The quantitative estimate of drug-likeness (QED) is 0.436. The minimum absolute atomic E-state index is 0.314. The molecule has 28 heavy (non-hydrogen) atoms. The highest BCUT2D eigenvalue weighted by atomic mass is 16.5. The molecule has 0 bridgehead atoms. The van der Waals surface area contributed by atoms with Crippen LogP contribution in [0.4, 0.5) is 0 Å². The Bertz CT molecular complexity index is 810. The van der Waals surface area contributed by atoms with Crippen LogP contribution in [0.15, 0.2) is 29.4 Å². The van der Waals surface area contributed by atoms with Crippen molar-refractivity contribution in [2.45, 2.75) is 64.0 Å². The van der Waals surface area contributed by atoms with Gasteiger partial charge in [-0.05, 0) is 44.7 Å². The van der Waals surface area contributed by atoms with Crippen LogP contribution in [0, 0.1) is 5.41 Å². The fourth-order valence-electron chi connectivity index (χ4n) is 4.96. The van der Waals surface area contributed by atoms with E-state index in [1.807, 2.05) is 31.4 Å². The summed E-state index contributed by atoms with van der Waals surface area (Å²) in [4.78, 5) is 4.44. The summed E-state index contributed by atoms with van der Waals surface area (Å²) in [5.41, 5.74) is 1.22. The molecule has 2 aliphatic rings. The maximum atomic E-state index is 6.02. The molecule has 2 aromatic heterocycles. The molecule has 0 aliphatic heterocycles. The highest BCUT2D eigenvalue weighted by molar-refractivity contribution is 5.80. The van der Waals surface area contributed by atoms with E-state index in [0.29, 0.717) is 17.6 Å². The lowest BCUT2D eigenvalue weighted by molar-refractivity contribution is -0.125. The first-order chi connectivity index (χ1) is 13.8. The van der Waals surface area contributed by atoms with Gasteiger partial charge in [0.15, 0.2) is 11.6 Å². The molecule has 4 rings (SSSR count). The molecule has 152 valence electrons. The van der Waals surface area contributed by atoms with Crippen molar-refractivity contribution in [3.63, 3.8) is 0 Å². The fourth-order valence-corrected chi connectivity index (χ4v) is 4.96. The number of hydrogen-bond acceptors (Lipinski definition) is 4. The summed E-state index contributed by atoms with van der Waals surface area (Å²) < 4.78 is 8.08. The second kappa shape index (κ2) is 8.47. The highest BCUT2D eigenvalue weighted by Crippen LogP contribution is 2.54. The molecule has 2 aliphatic carbocycles. The molecule has 0 radical (unpaired) electrons. The van der Waals surface area contributed by atoms with Gasteiger partial charge in [-0.15, -0.1) is 10.2 Å². The first kappa shape index (κ1) is 19.2. The number of aliphatic imine (C=N–C) groups is 1. The van der Waals surface area contributed by atoms with Crippen LogP contribution in [0.5, 0.6) is 0 Å². The van der Waals surface area contributed by atoms with E-state index in [-0.39, 0.29) is 0 Å². The number of pyridine rings is 1. The average molecular weight is 385 g/mol. The third-order valence-electron chi connectivity index (χ3n) is 6.48. The third-order valence-corrected chi connectivity index (χ3v) is 6.48. The molecule has 0 amide bonds. The van der Waals surface area contributed by atoms with Gasteiger partial charge >= 0.3 is 0 Å². The van der Waals surface area contributed by atoms with Crippen LogP contribution in [-0.4, -0.2) is 52.9 Å². The van der Waals surface area contributed by atoms with Gasteiger partial charge in [-0.25, -0.2) is 0 Å². The van der Waals surface area contributed by atoms with E-state index in [2.05, 4.69) is 37.1 Å². The molecule has 0 saturated heterocycles. The van der Waals surface area contributed by atoms with Crippen molar-refractivity contribution in [1.29, 1.82) is 0 Å². The fraction of sp³-hybridized carbons (Fsp3) is 0.667. The Balaban J connectivity index is 1.26. The molecule has 7 heteroatoms. The first-order valence-electron chi connectivity index (χ1n) is 10.6. The van der Waals surface area contributed by atoms with Crippen molar-refractivity contribution >= 4 is 11.6 Å². The van der Waals surface area contributed by atoms with Crippen molar-refractivity contribution in [2.24, 2.45) is 10.4 Å². The lowest BCUT2D eigenvalue weighted by atomic mass is 9.60. The maximum Gasteiger partial charge on any atom is 0.191 e. The van der Waals surface area contributed by atoms with E-state index >= 15 is 0 Å². The average Bonchev–Trinajstić information content (AvgIpc) is 3.38. The number of fused-ring (bicyclic) bond motifs is 1. The molecule has 1 spiro atoms. The Labute approximate surface area is 167 Å². The minimum atomic E-state index is 0.314. The lowest BCUT2D eigenvalue weighted by Gasteiger charge is -2.54. The zero-order valence-electron chi connectivity index (χ0n) is 17.0. The van der Waals surface area contributed by atoms with Crippen molar-refractivity contribution in [1.82, 2.24) is 25.2 Å². The van der Waals surface area contributed by atoms with Gasteiger partial charge in [0.1, 0.15) is 5.82 Å². The van der Waals surface area contributed by atoms with E-state index in [4.69, 9.17) is 4.74 Å². The molecule has 7 nitrogen and oxygen atoms in total. The van der Waals surface area contributed by atoms with Crippen LogP contribution in [0.3, 0.4) is 0 Å². The molecule has 2 heterocycles. The van der Waals surface area contributed by atoms with Gasteiger partial charge in [-0.1, -0.05) is 18.9 Å². The van der Waals surface area contributed by atoms with Crippen LogP contribution in [0.2, 0.25) is 0 Å². The Kier molecular flexibility index (Phi) is 5.80. The molecular formula is C21H32N6O. The Morgan fingerprint density at radius 3 is 2.96 bits per heavy atom. The number of hydrogen-bond donors (Lipinski definition) is 2. The van der Waals surface area contributed by atoms with Crippen LogP contribution >= 0.6 is 0 Å². The number of nitrogens with zero attached hydrogens (tertiary/aromatic N) is 4. The molecular weight excluding hydrogens is 352 g/mol. The van der Waals surface area contributed by atoms with Gasteiger partial charge < -0.3 is 15.4 Å². The largest absolute Gasteiger partial charge is 0.378 e. The van der Waals surface area contributed by atoms with Crippen molar-refractivity contribution < 1.29 is 4.74 Å². The Morgan fingerprint density at radius 2 is 2.18 bits per heavy atom. The maximum absolute atomic E-state index is 6.02. The van der Waals surface area contributed by atoms with E-state index in [9.17, 15) is 0 Å². The van der Waals surface area contributed by atoms with Crippen molar-refractivity contribution in [2.75, 3.05) is 20.2 Å². The lowest BCUT2D eigenvalue weighted by Crippen LogP contribution is -2.65. The summed E-state index contributed by atoms with van der Waals surface area (Å²) >= 11 is 0.